The number of benzene rings is 1. The molecule has 2 fully saturated rings. The number of nitrogens with one attached hydrogen (secondary N) is 1. The summed E-state index contributed by atoms with van der Waals surface area (Å²) in [7, 11) is 0. The van der Waals surface area contributed by atoms with Gasteiger partial charge in [0, 0.05) is 41.8 Å². The quantitative estimate of drug-likeness (QED) is 0.760. The summed E-state index contributed by atoms with van der Waals surface area (Å²) in [5, 5.41) is 3.65. The Morgan fingerprint density at radius 1 is 1.07 bits per heavy atom. The van der Waals surface area contributed by atoms with Crippen LogP contribution in [0, 0.1) is 0 Å². The smallest absolute Gasteiger partial charge is 0.225 e. The van der Waals surface area contributed by atoms with Gasteiger partial charge in [0.15, 0.2) is 0 Å². The second kappa shape index (κ2) is 6.34. The first-order chi connectivity index (χ1) is 13.8. The van der Waals surface area contributed by atoms with Crippen LogP contribution in [-0.4, -0.2) is 32.7 Å². The van der Waals surface area contributed by atoms with Crippen molar-refractivity contribution in [2.45, 2.75) is 50.5 Å². The molecule has 0 saturated carbocycles. The molecule has 0 aliphatic carbocycles. The molecule has 3 aliphatic rings. The van der Waals surface area contributed by atoms with Gasteiger partial charge in [-0.25, -0.2) is 4.98 Å². The van der Waals surface area contributed by atoms with Crippen LogP contribution in [0.5, 0.6) is 11.8 Å². The minimum atomic E-state index is 0.248. The summed E-state index contributed by atoms with van der Waals surface area (Å²) in [6.45, 7) is 0.513. The minimum Gasteiger partial charge on any atom is -0.474 e. The van der Waals surface area contributed by atoms with Crippen LogP contribution in [0.15, 0.2) is 49.1 Å². The molecule has 6 nitrogen and oxygen atoms in total. The number of imidazole rings is 1. The van der Waals surface area contributed by atoms with Crippen LogP contribution in [0.4, 0.5) is 0 Å². The van der Waals surface area contributed by atoms with Gasteiger partial charge >= 0.3 is 0 Å². The van der Waals surface area contributed by atoms with E-state index < -0.39 is 0 Å². The fraction of sp³-hybridized carbons (Fsp3) is 0.364. The fourth-order valence-electron chi connectivity index (χ4n) is 4.76. The number of pyridine rings is 1. The van der Waals surface area contributed by atoms with E-state index >= 15 is 0 Å². The minimum absolute atomic E-state index is 0.248. The van der Waals surface area contributed by atoms with Crippen LogP contribution in [0.3, 0.4) is 0 Å². The molecule has 0 spiro atoms. The number of fused-ring (bicyclic) bond motifs is 5. The maximum atomic E-state index is 6.22. The normalized spacial score (nSPS) is 24.9. The van der Waals surface area contributed by atoms with Gasteiger partial charge in [-0.15, -0.1) is 0 Å². The third-order valence-corrected chi connectivity index (χ3v) is 6.10. The Labute approximate surface area is 163 Å². The van der Waals surface area contributed by atoms with Crippen molar-refractivity contribution in [3.05, 3.63) is 54.6 Å². The van der Waals surface area contributed by atoms with Gasteiger partial charge in [0.25, 0.3) is 0 Å². The van der Waals surface area contributed by atoms with Crippen LogP contribution >= 0.6 is 0 Å². The lowest BCUT2D eigenvalue weighted by molar-refractivity contribution is 0.130. The lowest BCUT2D eigenvalue weighted by Crippen LogP contribution is -2.42. The lowest BCUT2D eigenvalue weighted by atomic mass is 9.98. The molecule has 3 aromatic rings. The zero-order chi connectivity index (χ0) is 18.5. The van der Waals surface area contributed by atoms with Crippen LogP contribution in [0.2, 0.25) is 0 Å². The van der Waals surface area contributed by atoms with E-state index in [-0.39, 0.29) is 6.10 Å². The molecule has 1 N–H and O–H groups in total. The number of ether oxygens (including phenoxy) is 2. The number of hydrogen-bond acceptors (Lipinski definition) is 5. The van der Waals surface area contributed by atoms with Gasteiger partial charge in [-0.2, -0.15) is 4.98 Å². The highest BCUT2D eigenvalue weighted by atomic mass is 16.5. The second-order valence-electron chi connectivity index (χ2n) is 7.95. The van der Waals surface area contributed by atoms with E-state index in [9.17, 15) is 0 Å². The monoisotopic (exact) mass is 374 g/mol. The maximum absolute atomic E-state index is 6.22. The number of rotatable bonds is 3. The molecule has 28 heavy (non-hydrogen) atoms. The van der Waals surface area contributed by atoms with Crippen molar-refractivity contribution in [2.24, 2.45) is 0 Å². The van der Waals surface area contributed by atoms with E-state index in [1.54, 1.807) is 12.5 Å². The molecule has 5 heterocycles. The molecule has 6 rings (SSSR count). The summed E-state index contributed by atoms with van der Waals surface area (Å²) < 4.78 is 14.2. The molecule has 0 unspecified atom stereocenters. The summed E-state index contributed by atoms with van der Waals surface area (Å²) in [5.74, 6) is 1.33. The van der Waals surface area contributed by atoms with E-state index in [4.69, 9.17) is 9.47 Å². The van der Waals surface area contributed by atoms with Gasteiger partial charge in [-0.1, -0.05) is 6.07 Å². The molecule has 0 amide bonds. The summed E-state index contributed by atoms with van der Waals surface area (Å²) in [6, 6.07) is 11.6. The Morgan fingerprint density at radius 2 is 1.93 bits per heavy atom. The van der Waals surface area contributed by atoms with Crippen LogP contribution in [0.1, 0.15) is 31.2 Å². The Kier molecular flexibility index (Phi) is 3.65. The Hall–Kier alpha value is -2.86. The first-order valence-corrected chi connectivity index (χ1v) is 10.00. The molecule has 142 valence electrons. The Morgan fingerprint density at radius 3 is 2.75 bits per heavy atom. The second-order valence-corrected chi connectivity index (χ2v) is 7.95. The third kappa shape index (κ3) is 2.76. The summed E-state index contributed by atoms with van der Waals surface area (Å²) in [6.07, 6.45) is 10.4. The molecule has 3 atom stereocenters. The van der Waals surface area contributed by atoms with Crippen molar-refractivity contribution >= 4 is 0 Å². The highest BCUT2D eigenvalue weighted by molar-refractivity contribution is 5.74. The van der Waals surface area contributed by atoms with Crippen LogP contribution < -0.4 is 14.8 Å². The first kappa shape index (κ1) is 16.1. The maximum Gasteiger partial charge on any atom is 0.225 e. The predicted molar refractivity (Wildman–Crippen MR) is 105 cm³/mol. The molecule has 2 saturated heterocycles. The third-order valence-electron chi connectivity index (χ3n) is 6.10. The van der Waals surface area contributed by atoms with Gasteiger partial charge in [0.05, 0.1) is 6.33 Å². The summed E-state index contributed by atoms with van der Waals surface area (Å²) in [5.41, 5.74) is 4.43. The van der Waals surface area contributed by atoms with Crippen molar-refractivity contribution in [1.29, 1.82) is 0 Å². The summed E-state index contributed by atoms with van der Waals surface area (Å²) in [4.78, 5) is 8.79. The fourth-order valence-corrected chi connectivity index (χ4v) is 4.76. The van der Waals surface area contributed by atoms with Crippen molar-refractivity contribution in [3.63, 3.8) is 0 Å². The van der Waals surface area contributed by atoms with Gasteiger partial charge in [0.1, 0.15) is 12.7 Å². The van der Waals surface area contributed by atoms with Crippen molar-refractivity contribution in [2.75, 3.05) is 0 Å². The lowest BCUT2D eigenvalue weighted by Gasteiger charge is -2.29. The Bertz CT molecular complexity index is 1010. The standard InChI is InChI=1S/C22H22N4O2/c1-2-16-11-18(10-15(1)24-16)28-21-6-5-20-19-4-3-17(26-8-7-23-13-26)9-14(19)12-27-22(20)25-21/h3-9,13,15-16,18,24H,1-2,10-12H2/t15-,16+,18-. The number of nitrogens with zero attached hydrogens (tertiary/aromatic N) is 3. The van der Waals surface area contributed by atoms with Gasteiger partial charge in [-0.3, -0.25) is 0 Å². The molecule has 3 aliphatic heterocycles. The number of aromatic nitrogens is 3. The zero-order valence-electron chi connectivity index (χ0n) is 15.5. The Balaban J connectivity index is 1.26. The highest BCUT2D eigenvalue weighted by Gasteiger charge is 2.34. The first-order valence-electron chi connectivity index (χ1n) is 10.00. The van der Waals surface area contributed by atoms with Gasteiger partial charge in [-0.05, 0) is 55.0 Å². The molecular weight excluding hydrogens is 352 g/mol. The SMILES string of the molecule is c1cn(-c2ccc3c(c2)COc2nc(O[C@@H]4C[C@H]5CC[C@@H](C4)N5)ccc2-3)cn1. The molecule has 0 radical (unpaired) electrons. The van der Waals surface area contributed by atoms with E-state index in [0.29, 0.717) is 30.5 Å². The molecule has 2 bridgehead atoms. The summed E-state index contributed by atoms with van der Waals surface area (Å²) >= 11 is 0. The zero-order valence-corrected chi connectivity index (χ0v) is 15.5. The van der Waals surface area contributed by atoms with Crippen LogP contribution in [0.25, 0.3) is 16.8 Å². The van der Waals surface area contributed by atoms with E-state index in [0.717, 1.165) is 29.7 Å². The van der Waals surface area contributed by atoms with Gasteiger partial charge < -0.3 is 19.4 Å². The largest absolute Gasteiger partial charge is 0.474 e. The predicted octanol–water partition coefficient (Wildman–Crippen LogP) is 3.49. The molecule has 6 heteroatoms. The average molecular weight is 374 g/mol. The van der Waals surface area contributed by atoms with Crippen molar-refractivity contribution in [1.82, 2.24) is 19.9 Å². The molecular formula is C22H22N4O2. The molecule has 1 aromatic carbocycles. The van der Waals surface area contributed by atoms with Crippen LogP contribution in [-0.2, 0) is 6.61 Å². The molecule has 2 aromatic heterocycles. The van der Waals surface area contributed by atoms with E-state index in [1.807, 2.05) is 16.8 Å². The number of piperidine rings is 1. The van der Waals surface area contributed by atoms with Crippen molar-refractivity contribution in [3.8, 4) is 28.6 Å². The van der Waals surface area contributed by atoms with Crippen molar-refractivity contribution < 1.29 is 9.47 Å². The van der Waals surface area contributed by atoms with Gasteiger partial charge in [0.2, 0.25) is 11.8 Å². The highest BCUT2D eigenvalue weighted by Crippen LogP contribution is 2.39. The van der Waals surface area contributed by atoms with E-state index in [1.165, 1.54) is 18.4 Å². The number of hydrogen-bond donors (Lipinski definition) is 1. The average Bonchev–Trinajstić information content (AvgIpc) is 3.37. The van der Waals surface area contributed by atoms with E-state index in [2.05, 4.69) is 39.6 Å². The topological polar surface area (TPSA) is 61.2 Å².